The lowest BCUT2D eigenvalue weighted by molar-refractivity contribution is -0.119. The van der Waals surface area contributed by atoms with Crippen molar-refractivity contribution in [1.82, 2.24) is 20.2 Å². The Kier molecular flexibility index (Phi) is 6.65. The van der Waals surface area contributed by atoms with Crippen LogP contribution in [0.4, 0.5) is 8.78 Å². The van der Waals surface area contributed by atoms with Gasteiger partial charge in [0.05, 0.1) is 11.8 Å². The summed E-state index contributed by atoms with van der Waals surface area (Å²) in [6.45, 7) is -0.985. The third-order valence-corrected chi connectivity index (χ3v) is 4.95. The van der Waals surface area contributed by atoms with Crippen molar-refractivity contribution in [3.8, 4) is 17.1 Å². The second-order valence-electron chi connectivity index (χ2n) is 6.07. The summed E-state index contributed by atoms with van der Waals surface area (Å²) in [5.41, 5.74) is 1.59. The molecule has 1 aromatic heterocycles. The Labute approximate surface area is 170 Å². The van der Waals surface area contributed by atoms with Gasteiger partial charge in [0, 0.05) is 5.56 Å². The van der Waals surface area contributed by atoms with Gasteiger partial charge in [0.25, 0.3) is 0 Å². The van der Waals surface area contributed by atoms with Gasteiger partial charge in [-0.15, -0.1) is 10.2 Å². The lowest BCUT2D eigenvalue weighted by Gasteiger charge is -2.13. The van der Waals surface area contributed by atoms with Crippen LogP contribution in [0.2, 0.25) is 0 Å². The van der Waals surface area contributed by atoms with E-state index in [9.17, 15) is 13.6 Å². The van der Waals surface area contributed by atoms with Gasteiger partial charge in [-0.2, -0.15) is 8.78 Å². The maximum Gasteiger partial charge on any atom is 0.387 e. The Hall–Kier alpha value is -3.14. The molecule has 0 unspecified atom stereocenters. The van der Waals surface area contributed by atoms with E-state index in [4.69, 9.17) is 5.84 Å². The third-order valence-electron chi connectivity index (χ3n) is 4.01. The van der Waals surface area contributed by atoms with Crippen molar-refractivity contribution in [3.63, 3.8) is 0 Å². The topological polar surface area (TPSA) is 95.1 Å². The molecule has 0 aliphatic heterocycles. The summed E-state index contributed by atoms with van der Waals surface area (Å²) >= 11 is 1.15. The molecule has 0 bridgehead atoms. The van der Waals surface area contributed by atoms with Crippen molar-refractivity contribution in [1.29, 1.82) is 0 Å². The zero-order valence-corrected chi connectivity index (χ0v) is 16.3. The maximum absolute atomic E-state index is 12.2. The highest BCUT2D eigenvalue weighted by atomic mass is 32.2. The van der Waals surface area contributed by atoms with E-state index in [1.165, 1.54) is 16.8 Å². The molecule has 0 radical (unpaired) electrons. The first-order chi connectivity index (χ1) is 13.9. The molecule has 0 saturated carbocycles. The molecule has 1 heterocycles. The number of nitrogen functional groups attached to an aromatic ring is 1. The number of nitrogens with two attached hydrogens (primary N) is 1. The molecule has 0 aliphatic carbocycles. The van der Waals surface area contributed by atoms with E-state index in [1.807, 2.05) is 37.3 Å². The van der Waals surface area contributed by atoms with Crippen LogP contribution in [0.15, 0.2) is 59.8 Å². The van der Waals surface area contributed by atoms with Crippen LogP contribution in [-0.2, 0) is 4.79 Å². The van der Waals surface area contributed by atoms with Crippen molar-refractivity contribution < 1.29 is 18.3 Å². The third kappa shape index (κ3) is 5.44. The molecule has 3 rings (SSSR count). The van der Waals surface area contributed by atoms with E-state index in [0.717, 1.165) is 17.3 Å². The number of benzene rings is 2. The minimum atomic E-state index is -2.89. The van der Waals surface area contributed by atoms with Gasteiger partial charge in [-0.25, -0.2) is 4.68 Å². The van der Waals surface area contributed by atoms with Gasteiger partial charge in [-0.05, 0) is 36.8 Å². The number of rotatable bonds is 8. The highest BCUT2D eigenvalue weighted by Gasteiger charge is 2.15. The van der Waals surface area contributed by atoms with Gasteiger partial charge in [0.2, 0.25) is 11.1 Å². The Morgan fingerprint density at radius 1 is 1.17 bits per heavy atom. The predicted molar refractivity (Wildman–Crippen MR) is 106 cm³/mol. The van der Waals surface area contributed by atoms with E-state index in [-0.39, 0.29) is 23.5 Å². The molecule has 29 heavy (non-hydrogen) atoms. The van der Waals surface area contributed by atoms with Crippen LogP contribution in [0, 0.1) is 0 Å². The Morgan fingerprint density at radius 3 is 2.52 bits per heavy atom. The van der Waals surface area contributed by atoms with Gasteiger partial charge in [-0.3, -0.25) is 4.79 Å². The van der Waals surface area contributed by atoms with Gasteiger partial charge in [0.15, 0.2) is 5.82 Å². The molecule has 3 aromatic rings. The van der Waals surface area contributed by atoms with Crippen molar-refractivity contribution in [2.24, 2.45) is 0 Å². The van der Waals surface area contributed by atoms with Gasteiger partial charge in [-0.1, -0.05) is 42.1 Å². The largest absolute Gasteiger partial charge is 0.435 e. The number of amides is 1. The molecular weight excluding hydrogens is 400 g/mol. The number of carbonyl (C=O) groups excluding carboxylic acids is 1. The number of alkyl halides is 2. The van der Waals surface area contributed by atoms with Crippen LogP contribution in [-0.4, -0.2) is 33.1 Å². The van der Waals surface area contributed by atoms with Crippen molar-refractivity contribution >= 4 is 17.7 Å². The molecule has 152 valence electrons. The molecule has 0 fully saturated rings. The number of nitrogens with one attached hydrogen (secondary N) is 1. The van der Waals surface area contributed by atoms with Crippen LogP contribution in [0.1, 0.15) is 18.5 Å². The summed E-state index contributed by atoms with van der Waals surface area (Å²) in [7, 11) is 0. The quantitative estimate of drug-likeness (QED) is 0.430. The fraction of sp³-hybridized carbons (Fsp3) is 0.211. The zero-order valence-electron chi connectivity index (χ0n) is 15.5. The first-order valence-electron chi connectivity index (χ1n) is 8.67. The van der Waals surface area contributed by atoms with Gasteiger partial charge >= 0.3 is 6.61 Å². The minimum Gasteiger partial charge on any atom is -0.435 e. The highest BCUT2D eigenvalue weighted by Crippen LogP contribution is 2.24. The summed E-state index contributed by atoms with van der Waals surface area (Å²) in [5, 5.41) is 11.3. The predicted octanol–water partition coefficient (Wildman–Crippen LogP) is 3.23. The second kappa shape index (κ2) is 9.37. The molecule has 2 aromatic carbocycles. The maximum atomic E-state index is 12.2. The standard InChI is InChI=1S/C19H19F2N5O2S/c1-12(13-5-3-2-4-6-13)23-16(27)11-29-19-25-24-17(26(19)22)14-7-9-15(10-8-14)28-18(20)21/h2-10,12,18H,11,22H2,1H3,(H,23,27)/t12-/m0/s1. The molecule has 0 saturated heterocycles. The Balaban J connectivity index is 1.59. The summed E-state index contributed by atoms with van der Waals surface area (Å²) in [5.74, 6) is 6.35. The summed E-state index contributed by atoms with van der Waals surface area (Å²) in [6, 6.07) is 15.4. The van der Waals surface area contributed by atoms with Crippen molar-refractivity contribution in [2.45, 2.75) is 24.7 Å². The number of halogens is 2. The molecular formula is C19H19F2N5O2S. The normalized spacial score (nSPS) is 12.0. The van der Waals surface area contributed by atoms with Crippen LogP contribution in [0.3, 0.4) is 0 Å². The smallest absolute Gasteiger partial charge is 0.387 e. The molecule has 0 spiro atoms. The zero-order chi connectivity index (χ0) is 20.8. The monoisotopic (exact) mass is 419 g/mol. The molecule has 7 nitrogen and oxygen atoms in total. The first kappa shape index (κ1) is 20.6. The van der Waals surface area contributed by atoms with Crippen LogP contribution < -0.4 is 15.9 Å². The lowest BCUT2D eigenvalue weighted by atomic mass is 10.1. The number of nitrogens with zero attached hydrogens (tertiary/aromatic N) is 3. The molecule has 10 heteroatoms. The number of ether oxygens (including phenoxy) is 1. The fourth-order valence-corrected chi connectivity index (χ4v) is 3.26. The van der Waals surface area contributed by atoms with Gasteiger partial charge < -0.3 is 15.9 Å². The first-order valence-corrected chi connectivity index (χ1v) is 9.65. The van der Waals surface area contributed by atoms with E-state index >= 15 is 0 Å². The average Bonchev–Trinajstić information content (AvgIpc) is 3.07. The summed E-state index contributed by atoms with van der Waals surface area (Å²) in [6.07, 6.45) is 0. The number of aromatic nitrogens is 3. The van der Waals surface area contributed by atoms with E-state index < -0.39 is 6.61 Å². The van der Waals surface area contributed by atoms with E-state index in [0.29, 0.717) is 16.5 Å². The lowest BCUT2D eigenvalue weighted by Crippen LogP contribution is -2.28. The molecule has 1 atom stereocenters. The number of thioether (sulfide) groups is 1. The molecule has 1 amide bonds. The van der Waals surface area contributed by atoms with E-state index in [1.54, 1.807) is 12.1 Å². The summed E-state index contributed by atoms with van der Waals surface area (Å²) in [4.78, 5) is 12.2. The van der Waals surface area contributed by atoms with Crippen LogP contribution in [0.5, 0.6) is 5.75 Å². The van der Waals surface area contributed by atoms with Crippen molar-refractivity contribution in [2.75, 3.05) is 11.6 Å². The average molecular weight is 419 g/mol. The fourth-order valence-electron chi connectivity index (χ4n) is 2.60. The number of hydrogen-bond donors (Lipinski definition) is 2. The number of hydrogen-bond acceptors (Lipinski definition) is 6. The van der Waals surface area contributed by atoms with E-state index in [2.05, 4.69) is 20.3 Å². The SMILES string of the molecule is C[C@H](NC(=O)CSc1nnc(-c2ccc(OC(F)F)cc2)n1N)c1ccccc1. The highest BCUT2D eigenvalue weighted by molar-refractivity contribution is 7.99. The number of carbonyl (C=O) groups is 1. The molecule has 3 N–H and O–H groups in total. The van der Waals surface area contributed by atoms with Crippen LogP contribution >= 0.6 is 11.8 Å². The Morgan fingerprint density at radius 2 is 1.86 bits per heavy atom. The molecule has 0 aliphatic rings. The van der Waals surface area contributed by atoms with Gasteiger partial charge in [0.1, 0.15) is 5.75 Å². The Bertz CT molecular complexity index is 951. The summed E-state index contributed by atoms with van der Waals surface area (Å²) < 4.78 is 30.0. The van der Waals surface area contributed by atoms with Crippen LogP contribution in [0.25, 0.3) is 11.4 Å². The minimum absolute atomic E-state index is 0.0330. The second-order valence-corrected chi connectivity index (χ2v) is 7.01. The van der Waals surface area contributed by atoms with Crippen molar-refractivity contribution in [3.05, 3.63) is 60.2 Å².